The van der Waals surface area contributed by atoms with Crippen molar-refractivity contribution < 1.29 is 32.9 Å². The molecule has 0 rings (SSSR count). The lowest BCUT2D eigenvalue weighted by atomic mass is 10.0. The number of nitrogens with one attached hydrogen (secondary N) is 1. The quantitative estimate of drug-likeness (QED) is 0.0243. The van der Waals surface area contributed by atoms with E-state index in [1.165, 1.54) is 231 Å². The van der Waals surface area contributed by atoms with E-state index < -0.39 is 20.0 Å². The number of quaternary nitrogens is 1. The molecule has 0 aliphatic rings. The van der Waals surface area contributed by atoms with Crippen LogP contribution in [0.5, 0.6) is 0 Å². The summed E-state index contributed by atoms with van der Waals surface area (Å²) in [5, 5.41) is 13.9. The van der Waals surface area contributed by atoms with Crippen molar-refractivity contribution in [3.8, 4) is 0 Å². The minimum atomic E-state index is -4.35. The lowest BCUT2D eigenvalue weighted by Crippen LogP contribution is -2.45. The molecule has 1 amide bonds. The van der Waals surface area contributed by atoms with Gasteiger partial charge in [-0.1, -0.05) is 263 Å². The molecule has 0 fully saturated rings. The van der Waals surface area contributed by atoms with Crippen LogP contribution in [0.2, 0.25) is 0 Å². The summed E-state index contributed by atoms with van der Waals surface area (Å²) >= 11 is 0. The number of likely N-dealkylation sites (N-methyl/N-ethyl adjacent to an activating group) is 1. The van der Waals surface area contributed by atoms with E-state index in [9.17, 15) is 19.4 Å². The first-order chi connectivity index (χ1) is 32.5. The van der Waals surface area contributed by atoms with Crippen molar-refractivity contribution in [1.29, 1.82) is 0 Å². The number of hydrogen-bond acceptors (Lipinski definition) is 5. The first kappa shape index (κ1) is 66.0. The van der Waals surface area contributed by atoms with E-state index in [1.54, 1.807) is 6.08 Å². The SMILES string of the molecule is CCCCCCCCCCCCCC/C=C\CCCCCCCCCCCC(=O)NC(COP(=O)(O)OCC[N+](C)(C)C)C(O)/C=C/CCCCCCCCCCCCCCCCCCCC. The molecular weight excluding hydrogens is 852 g/mol. The third kappa shape index (κ3) is 52.6. The van der Waals surface area contributed by atoms with Crippen molar-refractivity contribution in [3.05, 3.63) is 24.3 Å². The Labute approximate surface area is 417 Å². The van der Waals surface area contributed by atoms with Gasteiger partial charge in [0.25, 0.3) is 0 Å². The van der Waals surface area contributed by atoms with Crippen molar-refractivity contribution in [2.24, 2.45) is 0 Å². The standard InChI is InChI=1S/C58H115N2O6P/c1-6-8-10-12-14-16-18-20-22-24-26-28-29-30-31-32-34-36-38-40-42-44-46-48-50-52-58(62)59-56(55-66-67(63,64)65-54-53-60(3,4)5)57(61)51-49-47-45-43-41-39-37-35-33-27-25-23-21-19-17-15-13-11-9-7-2/h30-31,49,51,56-57,61H,6-29,32-48,50,52-55H2,1-5H3,(H-,59,62,63,64)/p+1/b31-30-,51-49+. The van der Waals surface area contributed by atoms with Crippen LogP contribution >= 0.6 is 7.82 Å². The van der Waals surface area contributed by atoms with Crippen molar-refractivity contribution in [3.63, 3.8) is 0 Å². The highest BCUT2D eigenvalue weighted by Gasteiger charge is 2.27. The van der Waals surface area contributed by atoms with Crippen LogP contribution in [-0.4, -0.2) is 73.4 Å². The molecule has 9 heteroatoms. The van der Waals surface area contributed by atoms with Crippen LogP contribution in [0.4, 0.5) is 0 Å². The van der Waals surface area contributed by atoms with Crippen LogP contribution < -0.4 is 5.32 Å². The maximum Gasteiger partial charge on any atom is 0.472 e. The Morgan fingerprint density at radius 2 is 0.806 bits per heavy atom. The summed E-state index contributed by atoms with van der Waals surface area (Å²) in [5.74, 6) is -0.175. The number of carbonyl (C=O) groups excluding carboxylic acids is 1. The van der Waals surface area contributed by atoms with Crippen molar-refractivity contribution in [2.45, 2.75) is 302 Å². The van der Waals surface area contributed by atoms with Gasteiger partial charge in [-0.25, -0.2) is 4.57 Å². The second-order valence-corrected chi connectivity index (χ2v) is 22.8. The number of nitrogens with zero attached hydrogens (tertiary/aromatic N) is 1. The molecule has 3 atom stereocenters. The minimum Gasteiger partial charge on any atom is -0.387 e. The molecule has 67 heavy (non-hydrogen) atoms. The van der Waals surface area contributed by atoms with Crippen molar-refractivity contribution in [1.82, 2.24) is 5.32 Å². The third-order valence-corrected chi connectivity index (χ3v) is 14.4. The van der Waals surface area contributed by atoms with Gasteiger partial charge < -0.3 is 19.8 Å². The van der Waals surface area contributed by atoms with Crippen molar-refractivity contribution >= 4 is 13.7 Å². The van der Waals surface area contributed by atoms with Gasteiger partial charge in [-0.3, -0.25) is 13.8 Å². The first-order valence-corrected chi connectivity index (χ1v) is 30.7. The molecule has 3 N–H and O–H groups in total. The average Bonchev–Trinajstić information content (AvgIpc) is 3.29. The van der Waals surface area contributed by atoms with E-state index in [-0.39, 0.29) is 19.1 Å². The highest BCUT2D eigenvalue weighted by atomic mass is 31.2. The number of hydrogen-bond donors (Lipinski definition) is 3. The smallest absolute Gasteiger partial charge is 0.387 e. The van der Waals surface area contributed by atoms with Gasteiger partial charge in [0.1, 0.15) is 13.2 Å². The molecule has 8 nitrogen and oxygen atoms in total. The molecule has 0 aromatic rings. The Morgan fingerprint density at radius 3 is 1.15 bits per heavy atom. The van der Waals surface area contributed by atoms with Gasteiger partial charge in [-0.05, 0) is 44.9 Å². The van der Waals surface area contributed by atoms with E-state index in [2.05, 4.69) is 31.3 Å². The molecule has 0 saturated heterocycles. The van der Waals surface area contributed by atoms with Gasteiger partial charge >= 0.3 is 7.82 Å². The van der Waals surface area contributed by atoms with Crippen LogP contribution in [-0.2, 0) is 18.4 Å². The van der Waals surface area contributed by atoms with E-state index in [1.807, 2.05) is 27.2 Å². The van der Waals surface area contributed by atoms with Gasteiger partial charge in [-0.15, -0.1) is 0 Å². The van der Waals surface area contributed by atoms with E-state index in [0.717, 1.165) is 38.5 Å². The Kier molecular flexibility index (Phi) is 49.2. The monoisotopic (exact) mass is 968 g/mol. The number of allylic oxidation sites excluding steroid dienone is 3. The summed E-state index contributed by atoms with van der Waals surface area (Å²) in [6, 6.07) is -0.846. The number of rotatable bonds is 54. The number of phosphoric acid groups is 1. The van der Waals surface area contributed by atoms with E-state index >= 15 is 0 Å². The summed E-state index contributed by atoms with van der Waals surface area (Å²) in [6.07, 6.45) is 62.8. The highest BCUT2D eigenvalue weighted by molar-refractivity contribution is 7.47. The number of amides is 1. The molecule has 0 aliphatic carbocycles. The number of aliphatic hydroxyl groups excluding tert-OH is 1. The molecule has 398 valence electrons. The van der Waals surface area contributed by atoms with Gasteiger partial charge in [0.15, 0.2) is 0 Å². The summed E-state index contributed by atoms with van der Waals surface area (Å²) in [7, 11) is 1.58. The van der Waals surface area contributed by atoms with Crippen LogP contribution in [0.15, 0.2) is 24.3 Å². The van der Waals surface area contributed by atoms with Gasteiger partial charge in [-0.2, -0.15) is 0 Å². The fraction of sp³-hybridized carbons (Fsp3) is 0.914. The van der Waals surface area contributed by atoms with Gasteiger partial charge in [0.05, 0.1) is 39.9 Å². The summed E-state index contributed by atoms with van der Waals surface area (Å²) in [4.78, 5) is 23.3. The zero-order valence-electron chi connectivity index (χ0n) is 45.4. The molecule has 0 aromatic carbocycles. The topological polar surface area (TPSA) is 105 Å². The summed E-state index contributed by atoms with van der Waals surface area (Å²) < 4.78 is 23.7. The highest BCUT2D eigenvalue weighted by Crippen LogP contribution is 2.43. The van der Waals surface area contributed by atoms with Gasteiger partial charge in [0, 0.05) is 6.42 Å². The molecule has 0 aromatic heterocycles. The largest absolute Gasteiger partial charge is 0.472 e. The first-order valence-electron chi connectivity index (χ1n) is 29.2. The molecule has 0 aliphatic heterocycles. The maximum absolute atomic E-state index is 13.0. The van der Waals surface area contributed by atoms with Gasteiger partial charge in [0.2, 0.25) is 5.91 Å². The minimum absolute atomic E-state index is 0.0628. The fourth-order valence-electron chi connectivity index (χ4n) is 8.80. The normalized spacial score (nSPS) is 14.1. The van der Waals surface area contributed by atoms with E-state index in [0.29, 0.717) is 17.4 Å². The van der Waals surface area contributed by atoms with Crippen LogP contribution in [0.25, 0.3) is 0 Å². The third-order valence-electron chi connectivity index (χ3n) is 13.4. The second-order valence-electron chi connectivity index (χ2n) is 21.4. The predicted octanol–water partition coefficient (Wildman–Crippen LogP) is 17.6. The number of unbranched alkanes of at least 4 members (excludes halogenated alkanes) is 39. The fourth-order valence-corrected chi connectivity index (χ4v) is 9.54. The zero-order chi connectivity index (χ0) is 49.2. The molecule has 3 unspecified atom stereocenters. The molecule has 0 saturated carbocycles. The Hall–Kier alpha value is -1.02. The van der Waals surface area contributed by atoms with E-state index in [4.69, 9.17) is 9.05 Å². The predicted molar refractivity (Wildman–Crippen MR) is 291 cm³/mol. The molecule has 0 spiro atoms. The molecule has 0 bridgehead atoms. The zero-order valence-corrected chi connectivity index (χ0v) is 46.3. The Morgan fingerprint density at radius 1 is 0.493 bits per heavy atom. The number of carbonyl (C=O) groups is 1. The Bertz CT molecular complexity index is 1140. The second kappa shape index (κ2) is 49.9. The Balaban J connectivity index is 4.19. The van der Waals surface area contributed by atoms with Crippen LogP contribution in [0.1, 0.15) is 290 Å². The number of aliphatic hydroxyl groups is 1. The molecule has 0 radical (unpaired) electrons. The molecule has 0 heterocycles. The lowest BCUT2D eigenvalue weighted by Gasteiger charge is -2.25. The van der Waals surface area contributed by atoms with Crippen LogP contribution in [0.3, 0.4) is 0 Å². The summed E-state index contributed by atoms with van der Waals surface area (Å²) in [6.45, 7) is 4.86. The maximum atomic E-state index is 13.0. The average molecular weight is 969 g/mol. The lowest BCUT2D eigenvalue weighted by molar-refractivity contribution is -0.870. The van der Waals surface area contributed by atoms with Crippen LogP contribution in [0, 0.1) is 0 Å². The van der Waals surface area contributed by atoms with Crippen molar-refractivity contribution in [2.75, 3.05) is 40.9 Å². The summed E-state index contributed by atoms with van der Waals surface area (Å²) in [5.41, 5.74) is 0. The molecular formula is C58H116N2O6P+. The number of phosphoric ester groups is 1.